The molecule has 1 N–H and O–H groups in total. The molecule has 5 aliphatic rings. The van der Waals surface area contributed by atoms with Crippen LogP contribution in [0, 0.1) is 40.4 Å². The number of esters is 1. The minimum atomic E-state index is -0.356. The van der Waals surface area contributed by atoms with Crippen LogP contribution >= 0.6 is 0 Å². The van der Waals surface area contributed by atoms with Gasteiger partial charge in [0.2, 0.25) is 0 Å². The Morgan fingerprint density at radius 3 is 2.89 bits per heavy atom. The first-order valence-electron chi connectivity index (χ1n) is 10.9. The fourth-order valence-electron chi connectivity index (χ4n) is 8.01. The molecule has 1 spiro atoms. The van der Waals surface area contributed by atoms with Crippen molar-refractivity contribution in [3.63, 3.8) is 0 Å². The summed E-state index contributed by atoms with van der Waals surface area (Å²) in [5.41, 5.74) is 2.07. The Balaban J connectivity index is 1.55. The van der Waals surface area contributed by atoms with Crippen molar-refractivity contribution in [2.75, 3.05) is 0 Å². The van der Waals surface area contributed by atoms with Crippen LogP contribution in [0.25, 0.3) is 0 Å². The molecule has 3 fully saturated rings. The summed E-state index contributed by atoms with van der Waals surface area (Å²) in [6, 6.07) is 0. The average molecular weight is 366 g/mol. The van der Waals surface area contributed by atoms with Crippen LogP contribution < -0.4 is 0 Å². The van der Waals surface area contributed by atoms with E-state index in [9.17, 15) is 4.79 Å². The third-order valence-electron chi connectivity index (χ3n) is 9.01. The predicted octanol–water partition coefficient (Wildman–Crippen LogP) is 5.23. The van der Waals surface area contributed by atoms with Crippen molar-refractivity contribution in [1.82, 2.24) is 0 Å². The molecule has 0 aromatic carbocycles. The van der Waals surface area contributed by atoms with Crippen LogP contribution in [-0.2, 0) is 9.53 Å². The van der Waals surface area contributed by atoms with Gasteiger partial charge in [0.15, 0.2) is 0 Å². The zero-order chi connectivity index (χ0) is 18.8. The van der Waals surface area contributed by atoms with Crippen LogP contribution in [0.3, 0.4) is 0 Å². The van der Waals surface area contributed by atoms with Crippen molar-refractivity contribution in [3.8, 4) is 0 Å². The van der Waals surface area contributed by atoms with Gasteiger partial charge in [-0.25, -0.2) is 4.79 Å². The fraction of sp³-hybridized carbons (Fsp3) is 0.667. The monoisotopic (exact) mass is 365 g/mol. The van der Waals surface area contributed by atoms with Crippen LogP contribution in [0.1, 0.15) is 58.3 Å². The van der Waals surface area contributed by atoms with Gasteiger partial charge in [-0.2, -0.15) is 0 Å². The number of nitrogens with one attached hydrogen (secondary N) is 1. The first-order valence-corrected chi connectivity index (χ1v) is 10.9. The highest BCUT2D eigenvalue weighted by atomic mass is 16.6. The lowest BCUT2D eigenvalue weighted by atomic mass is 9.47. The summed E-state index contributed by atoms with van der Waals surface area (Å²) in [4.78, 5) is 12.0. The van der Waals surface area contributed by atoms with Gasteiger partial charge in [-0.05, 0) is 93.1 Å². The maximum Gasteiger partial charge on any atom is 0.331 e. The summed E-state index contributed by atoms with van der Waals surface area (Å²) in [5.74, 6) is 2.98. The Kier molecular flexibility index (Phi) is 3.83. The molecule has 27 heavy (non-hydrogen) atoms. The molecule has 0 radical (unpaired) electrons. The lowest BCUT2D eigenvalue weighted by Crippen LogP contribution is -2.55. The highest BCUT2D eigenvalue weighted by Gasteiger charge is 2.67. The van der Waals surface area contributed by atoms with Crippen LogP contribution in [0.15, 0.2) is 36.5 Å². The number of hydrogen-bond donors (Lipinski definition) is 1. The van der Waals surface area contributed by atoms with Gasteiger partial charge < -0.3 is 10.1 Å². The third kappa shape index (κ3) is 2.20. The van der Waals surface area contributed by atoms with Crippen LogP contribution in [-0.4, -0.2) is 17.3 Å². The van der Waals surface area contributed by atoms with Gasteiger partial charge in [-0.15, -0.1) is 6.58 Å². The molecule has 3 saturated carbocycles. The van der Waals surface area contributed by atoms with Crippen molar-refractivity contribution < 1.29 is 9.53 Å². The predicted molar refractivity (Wildman–Crippen MR) is 106 cm³/mol. The van der Waals surface area contributed by atoms with Crippen molar-refractivity contribution in [2.45, 2.75) is 63.9 Å². The van der Waals surface area contributed by atoms with Gasteiger partial charge in [0, 0.05) is 17.2 Å². The molecular formula is C24H31NO2. The summed E-state index contributed by atoms with van der Waals surface area (Å²) in [5, 5.41) is 8.11. The summed E-state index contributed by atoms with van der Waals surface area (Å²) < 4.78 is 6.03. The molecule has 0 saturated heterocycles. The number of fused-ring (bicyclic) bond motifs is 6. The van der Waals surface area contributed by atoms with E-state index in [-0.39, 0.29) is 17.0 Å². The van der Waals surface area contributed by atoms with E-state index in [2.05, 4.69) is 31.7 Å². The minimum absolute atomic E-state index is 0.0979. The first-order chi connectivity index (χ1) is 13.0. The Morgan fingerprint density at radius 2 is 2.19 bits per heavy atom. The topological polar surface area (TPSA) is 50.2 Å². The molecule has 0 bridgehead atoms. The molecule has 1 heterocycles. The van der Waals surface area contributed by atoms with E-state index in [4.69, 9.17) is 10.1 Å². The second kappa shape index (κ2) is 5.93. The fourth-order valence-corrected chi connectivity index (χ4v) is 8.01. The van der Waals surface area contributed by atoms with Gasteiger partial charge in [-0.3, -0.25) is 0 Å². The van der Waals surface area contributed by atoms with Crippen molar-refractivity contribution in [2.24, 2.45) is 35.0 Å². The first kappa shape index (κ1) is 17.5. The molecule has 4 aliphatic carbocycles. The van der Waals surface area contributed by atoms with E-state index in [0.717, 1.165) is 44.2 Å². The number of carbonyl (C=O) groups is 1. The van der Waals surface area contributed by atoms with E-state index in [1.807, 2.05) is 0 Å². The van der Waals surface area contributed by atoms with E-state index in [1.165, 1.54) is 18.4 Å². The Labute approximate surface area is 162 Å². The maximum absolute atomic E-state index is 12.0. The maximum atomic E-state index is 12.0. The molecule has 3 nitrogen and oxygen atoms in total. The molecule has 0 amide bonds. The van der Waals surface area contributed by atoms with Gasteiger partial charge in [0.25, 0.3) is 0 Å². The minimum Gasteiger partial charge on any atom is -0.451 e. The van der Waals surface area contributed by atoms with Crippen LogP contribution in [0.5, 0.6) is 0 Å². The summed E-state index contributed by atoms with van der Waals surface area (Å²) in [7, 11) is 0. The molecule has 144 valence electrons. The lowest BCUT2D eigenvalue weighted by molar-refractivity contribution is -0.165. The molecule has 0 aromatic heterocycles. The average Bonchev–Trinajstić information content (AvgIpc) is 3.21. The second-order valence-corrected chi connectivity index (χ2v) is 9.57. The van der Waals surface area contributed by atoms with Gasteiger partial charge >= 0.3 is 5.97 Å². The van der Waals surface area contributed by atoms with Crippen molar-refractivity contribution >= 4 is 11.7 Å². The van der Waals surface area contributed by atoms with E-state index >= 15 is 0 Å². The lowest BCUT2D eigenvalue weighted by Gasteiger charge is -2.58. The number of ether oxygens (including phenoxy) is 1. The Hall–Kier alpha value is -1.64. The van der Waals surface area contributed by atoms with Gasteiger partial charge in [0.05, 0.1) is 0 Å². The van der Waals surface area contributed by atoms with E-state index in [0.29, 0.717) is 29.6 Å². The number of rotatable bonds is 2. The second-order valence-electron chi connectivity index (χ2n) is 9.57. The normalized spacial score (nSPS) is 47.9. The highest BCUT2D eigenvalue weighted by Crippen LogP contribution is 2.69. The van der Waals surface area contributed by atoms with Crippen molar-refractivity contribution in [3.05, 3.63) is 36.5 Å². The zero-order valence-corrected chi connectivity index (χ0v) is 16.4. The third-order valence-corrected chi connectivity index (χ3v) is 9.01. The Morgan fingerprint density at radius 1 is 1.33 bits per heavy atom. The molecule has 1 aliphatic heterocycles. The quantitative estimate of drug-likeness (QED) is 0.538. The smallest absolute Gasteiger partial charge is 0.331 e. The van der Waals surface area contributed by atoms with E-state index < -0.39 is 0 Å². The molecular weight excluding hydrogens is 334 g/mol. The largest absolute Gasteiger partial charge is 0.451 e. The van der Waals surface area contributed by atoms with Gasteiger partial charge in [-0.1, -0.05) is 18.6 Å². The molecule has 7 atom stereocenters. The van der Waals surface area contributed by atoms with Gasteiger partial charge in [0.1, 0.15) is 5.60 Å². The highest BCUT2D eigenvalue weighted by molar-refractivity contribution is 5.93. The molecule has 3 heteroatoms. The van der Waals surface area contributed by atoms with Crippen LogP contribution in [0.4, 0.5) is 0 Å². The number of hydrogen-bond acceptors (Lipinski definition) is 3. The standard InChI is InChI=1S/C24H31NO2/c1-3-15-13-16-14-17(25)5-6-18(16)19-7-10-23(4-2)20(22(15)19)8-11-24(23)12-9-21(26)27-24/h3,9,12,14-15,18-20,22,25H,1,4-8,10-11,13H2,2H3/t15?,18-,19?,20?,22?,23-,24+/m0/s1. The van der Waals surface area contributed by atoms with E-state index in [1.54, 1.807) is 6.08 Å². The number of allylic oxidation sites excluding steroid dienone is 3. The zero-order valence-electron chi connectivity index (χ0n) is 16.4. The summed E-state index contributed by atoms with van der Waals surface area (Å²) in [6.45, 7) is 6.52. The SMILES string of the molecule is C=CC1CC2=CC(=N)CC[C@@H]2C2CC[C@@]3(CC)C(CC[C@@]34C=CC(=O)O4)C12. The molecule has 0 aromatic rings. The number of carbonyl (C=O) groups excluding carboxylic acids is 1. The summed E-state index contributed by atoms with van der Waals surface area (Å²) >= 11 is 0. The summed E-state index contributed by atoms with van der Waals surface area (Å²) in [6.07, 6.45) is 16.9. The molecule has 4 unspecified atom stereocenters. The van der Waals surface area contributed by atoms with Crippen molar-refractivity contribution in [1.29, 1.82) is 5.41 Å². The van der Waals surface area contributed by atoms with Crippen LogP contribution in [0.2, 0.25) is 0 Å². The Bertz CT molecular complexity index is 764. The molecule has 5 rings (SSSR count).